The van der Waals surface area contributed by atoms with E-state index in [-0.39, 0.29) is 0 Å². The normalized spacial score (nSPS) is 11.1. The van der Waals surface area contributed by atoms with Crippen LogP contribution in [0.3, 0.4) is 0 Å². The Morgan fingerprint density at radius 2 is 1.72 bits per heavy atom. The van der Waals surface area contributed by atoms with Crippen LogP contribution in [-0.4, -0.2) is 37.2 Å². The van der Waals surface area contributed by atoms with Gasteiger partial charge in [0.15, 0.2) is 5.69 Å². The molecule has 2 aromatic carbocycles. The Labute approximate surface area is 183 Å². The molecule has 0 spiro atoms. The fourth-order valence-corrected chi connectivity index (χ4v) is 3.39. The van der Waals surface area contributed by atoms with Crippen LogP contribution in [0.15, 0.2) is 63.5 Å². The zero-order chi connectivity index (χ0) is 22.1. The third-order valence-corrected chi connectivity index (χ3v) is 5.17. The molecular formula is C23H20N6O3. The molecule has 0 saturated heterocycles. The van der Waals surface area contributed by atoms with Gasteiger partial charge in [-0.15, -0.1) is 5.10 Å². The molecule has 0 bridgehead atoms. The molecule has 160 valence electrons. The van der Waals surface area contributed by atoms with Crippen molar-refractivity contribution in [2.45, 2.75) is 20.4 Å². The van der Waals surface area contributed by atoms with E-state index in [2.05, 4.69) is 25.4 Å². The van der Waals surface area contributed by atoms with Crippen LogP contribution >= 0.6 is 0 Å². The molecule has 9 nitrogen and oxygen atoms in total. The highest BCUT2D eigenvalue weighted by molar-refractivity contribution is 5.63. The second kappa shape index (κ2) is 8.10. The number of aryl methyl sites for hydroxylation is 1. The van der Waals surface area contributed by atoms with E-state index in [0.29, 0.717) is 41.4 Å². The van der Waals surface area contributed by atoms with Gasteiger partial charge in [0.05, 0.1) is 24.9 Å². The van der Waals surface area contributed by atoms with Crippen molar-refractivity contribution in [3.63, 3.8) is 0 Å². The van der Waals surface area contributed by atoms with E-state index < -0.39 is 0 Å². The topological polar surface area (TPSA) is 105 Å². The molecule has 0 N–H and O–H groups in total. The van der Waals surface area contributed by atoms with Crippen molar-refractivity contribution in [1.82, 2.24) is 30.1 Å². The van der Waals surface area contributed by atoms with Crippen LogP contribution in [0.2, 0.25) is 0 Å². The van der Waals surface area contributed by atoms with E-state index in [9.17, 15) is 0 Å². The maximum absolute atomic E-state index is 5.91. The average Bonchev–Trinajstić information content (AvgIpc) is 3.54. The minimum atomic E-state index is 0.319. The quantitative estimate of drug-likeness (QED) is 0.394. The Hall–Kier alpha value is -4.27. The molecule has 0 unspecified atom stereocenters. The summed E-state index contributed by atoms with van der Waals surface area (Å²) >= 11 is 0. The molecular weight excluding hydrogens is 408 g/mol. The van der Waals surface area contributed by atoms with Gasteiger partial charge in [-0.2, -0.15) is 4.98 Å². The Bertz CT molecular complexity index is 1370. The van der Waals surface area contributed by atoms with Crippen LogP contribution in [0.5, 0.6) is 5.75 Å². The third-order valence-electron chi connectivity index (χ3n) is 5.17. The molecule has 32 heavy (non-hydrogen) atoms. The van der Waals surface area contributed by atoms with Gasteiger partial charge in [-0.1, -0.05) is 52.8 Å². The summed E-state index contributed by atoms with van der Waals surface area (Å²) in [5, 5.41) is 12.6. The summed E-state index contributed by atoms with van der Waals surface area (Å²) in [4.78, 5) is 9.13. The first-order valence-corrected chi connectivity index (χ1v) is 10.0. The van der Waals surface area contributed by atoms with Gasteiger partial charge in [-0.3, -0.25) is 0 Å². The van der Waals surface area contributed by atoms with E-state index in [1.165, 1.54) is 0 Å². The van der Waals surface area contributed by atoms with E-state index in [0.717, 1.165) is 22.5 Å². The number of aromatic nitrogens is 6. The van der Waals surface area contributed by atoms with Gasteiger partial charge in [0, 0.05) is 5.56 Å². The van der Waals surface area contributed by atoms with Crippen LogP contribution in [-0.2, 0) is 6.54 Å². The van der Waals surface area contributed by atoms with Crippen LogP contribution in [0, 0.1) is 13.8 Å². The van der Waals surface area contributed by atoms with Crippen LogP contribution in [0.1, 0.15) is 17.1 Å². The fraction of sp³-hybridized carbons (Fsp3) is 0.174. The second-order valence-corrected chi connectivity index (χ2v) is 7.19. The number of benzene rings is 2. The summed E-state index contributed by atoms with van der Waals surface area (Å²) in [6.45, 7) is 4.17. The van der Waals surface area contributed by atoms with E-state index in [1.54, 1.807) is 11.8 Å². The number of ether oxygens (including phenoxy) is 1. The number of methoxy groups -OCH3 is 1. The first-order valence-electron chi connectivity index (χ1n) is 10.0. The third kappa shape index (κ3) is 3.53. The number of hydrogen-bond donors (Lipinski definition) is 0. The maximum atomic E-state index is 5.91. The van der Waals surface area contributed by atoms with Gasteiger partial charge in [0.2, 0.25) is 11.7 Å². The fourth-order valence-electron chi connectivity index (χ4n) is 3.39. The zero-order valence-electron chi connectivity index (χ0n) is 17.8. The molecule has 0 aliphatic heterocycles. The zero-order valence-corrected chi connectivity index (χ0v) is 17.8. The molecule has 0 aliphatic rings. The van der Waals surface area contributed by atoms with Crippen LogP contribution < -0.4 is 4.74 Å². The SMILES string of the molecule is COc1ccccc1-c1nc(Cn2nnc(-c3nc(-c4ccccc4)no3)c2C)c(C)o1. The van der Waals surface area contributed by atoms with Crippen LogP contribution in [0.25, 0.3) is 34.4 Å². The number of oxazole rings is 1. The predicted molar refractivity (Wildman–Crippen MR) is 116 cm³/mol. The Morgan fingerprint density at radius 1 is 0.938 bits per heavy atom. The molecule has 5 rings (SSSR count). The summed E-state index contributed by atoms with van der Waals surface area (Å²) < 4.78 is 18.5. The first-order chi connectivity index (χ1) is 15.6. The lowest BCUT2D eigenvalue weighted by atomic mass is 10.2. The molecule has 0 amide bonds. The number of hydrogen-bond acceptors (Lipinski definition) is 8. The number of para-hydroxylation sites is 1. The van der Waals surface area contributed by atoms with Crippen molar-refractivity contribution >= 4 is 0 Å². The molecule has 0 atom stereocenters. The highest BCUT2D eigenvalue weighted by atomic mass is 16.5. The van der Waals surface area contributed by atoms with Crippen molar-refractivity contribution in [3.8, 4) is 40.2 Å². The predicted octanol–water partition coefficient (Wildman–Crippen LogP) is 4.32. The van der Waals surface area contributed by atoms with Gasteiger partial charge >= 0.3 is 0 Å². The van der Waals surface area contributed by atoms with E-state index >= 15 is 0 Å². The van der Waals surface area contributed by atoms with Gasteiger partial charge in [0.1, 0.15) is 17.2 Å². The standard InChI is InChI=1S/C23H20N6O3/c1-14-20(23-25-21(27-32-23)16-9-5-4-6-10-16)26-28-29(14)13-18-15(2)31-22(24-18)17-11-7-8-12-19(17)30-3/h4-12H,13H2,1-3H3. The molecule has 3 aromatic heterocycles. The number of rotatable bonds is 6. The lowest BCUT2D eigenvalue weighted by Crippen LogP contribution is -2.05. The highest BCUT2D eigenvalue weighted by Gasteiger charge is 2.21. The first kappa shape index (κ1) is 19.7. The molecule has 3 heterocycles. The smallest absolute Gasteiger partial charge is 0.280 e. The molecule has 0 radical (unpaired) electrons. The average molecular weight is 428 g/mol. The van der Waals surface area contributed by atoms with Crippen LogP contribution in [0.4, 0.5) is 0 Å². The monoisotopic (exact) mass is 428 g/mol. The second-order valence-electron chi connectivity index (χ2n) is 7.19. The van der Waals surface area contributed by atoms with Crippen molar-refractivity contribution in [2.75, 3.05) is 7.11 Å². The van der Waals surface area contributed by atoms with Crippen molar-refractivity contribution in [3.05, 3.63) is 71.7 Å². The van der Waals surface area contributed by atoms with Gasteiger partial charge < -0.3 is 13.7 Å². The summed E-state index contributed by atoms with van der Waals surface area (Å²) in [7, 11) is 1.62. The molecule has 0 aliphatic carbocycles. The lowest BCUT2D eigenvalue weighted by molar-refractivity contribution is 0.414. The Balaban J connectivity index is 1.42. The minimum Gasteiger partial charge on any atom is -0.496 e. The van der Waals surface area contributed by atoms with E-state index in [4.69, 9.17) is 13.7 Å². The van der Waals surface area contributed by atoms with Crippen molar-refractivity contribution < 1.29 is 13.7 Å². The summed E-state index contributed by atoms with van der Waals surface area (Å²) in [6.07, 6.45) is 0. The summed E-state index contributed by atoms with van der Waals surface area (Å²) in [5.41, 5.74) is 3.73. The molecule has 5 aromatic rings. The molecule has 0 saturated carbocycles. The maximum Gasteiger partial charge on any atom is 0.280 e. The van der Waals surface area contributed by atoms with E-state index in [1.807, 2.05) is 68.4 Å². The summed E-state index contributed by atoms with van der Waals surface area (Å²) in [5.74, 6) is 2.72. The van der Waals surface area contributed by atoms with Crippen molar-refractivity contribution in [2.24, 2.45) is 0 Å². The van der Waals surface area contributed by atoms with Gasteiger partial charge in [-0.25, -0.2) is 9.67 Å². The summed E-state index contributed by atoms with van der Waals surface area (Å²) in [6, 6.07) is 17.2. The van der Waals surface area contributed by atoms with Crippen molar-refractivity contribution in [1.29, 1.82) is 0 Å². The number of nitrogens with zero attached hydrogens (tertiary/aromatic N) is 6. The highest BCUT2D eigenvalue weighted by Crippen LogP contribution is 2.31. The van der Waals surface area contributed by atoms with Gasteiger partial charge in [0.25, 0.3) is 5.89 Å². The molecule has 0 fully saturated rings. The largest absolute Gasteiger partial charge is 0.496 e. The molecule has 9 heteroatoms. The van der Waals surface area contributed by atoms with Gasteiger partial charge in [-0.05, 0) is 26.0 Å². The Kier molecular flexibility index (Phi) is 4.98. The minimum absolute atomic E-state index is 0.319. The lowest BCUT2D eigenvalue weighted by Gasteiger charge is -2.03. The Morgan fingerprint density at radius 3 is 2.53 bits per heavy atom.